The van der Waals surface area contributed by atoms with E-state index >= 15 is 0 Å². The average molecular weight is 350 g/mol. The van der Waals surface area contributed by atoms with Gasteiger partial charge >= 0.3 is 0 Å². The maximum Gasteiger partial charge on any atom is 0.0211 e. The first-order valence-electron chi connectivity index (χ1n) is 6.65. The van der Waals surface area contributed by atoms with Crippen LogP contribution in [0.2, 0.25) is 0 Å². The predicted molar refractivity (Wildman–Crippen MR) is 87.8 cm³/mol. The minimum absolute atomic E-state index is 1.21. The van der Waals surface area contributed by atoms with Crippen LogP contribution in [0.15, 0.2) is 48.5 Å². The molecule has 0 aliphatic carbocycles. The molecule has 94 valence electrons. The van der Waals surface area contributed by atoms with Crippen molar-refractivity contribution >= 4 is 22.6 Å². The fourth-order valence-corrected chi connectivity index (χ4v) is 3.04. The second-order valence-corrected chi connectivity index (χ2v) is 5.80. The van der Waals surface area contributed by atoms with Crippen LogP contribution < -0.4 is 0 Å². The predicted octanol–water partition coefficient (Wildman–Crippen LogP) is 5.69. The lowest BCUT2D eigenvalue weighted by molar-refractivity contribution is 0.717. The summed E-state index contributed by atoms with van der Waals surface area (Å²) in [5, 5.41) is 0. The Morgan fingerprint density at radius 1 is 0.944 bits per heavy atom. The third kappa shape index (κ3) is 3.58. The van der Waals surface area contributed by atoms with Gasteiger partial charge in [0.1, 0.15) is 0 Å². The van der Waals surface area contributed by atoms with Gasteiger partial charge in [-0.1, -0.05) is 62.2 Å². The number of aryl methyl sites for hydroxylation is 1. The summed E-state index contributed by atoms with van der Waals surface area (Å²) in [6, 6.07) is 17.5. The van der Waals surface area contributed by atoms with Crippen molar-refractivity contribution in [3.05, 3.63) is 57.7 Å². The highest BCUT2D eigenvalue weighted by Crippen LogP contribution is 2.26. The first kappa shape index (κ1) is 13.6. The summed E-state index contributed by atoms with van der Waals surface area (Å²) in [4.78, 5) is 0. The van der Waals surface area contributed by atoms with Gasteiger partial charge in [0, 0.05) is 3.57 Å². The molecule has 0 saturated heterocycles. The van der Waals surface area contributed by atoms with Crippen molar-refractivity contribution in [2.45, 2.75) is 32.6 Å². The maximum absolute atomic E-state index is 2.45. The number of hydrogen-bond acceptors (Lipinski definition) is 0. The molecular weight excluding hydrogens is 331 g/mol. The van der Waals surface area contributed by atoms with E-state index in [1.54, 1.807) is 0 Å². The SMILES string of the molecule is CCCCCc1ccc(-c2ccccc2)c(I)c1. The van der Waals surface area contributed by atoms with Crippen LogP contribution in [0.3, 0.4) is 0 Å². The van der Waals surface area contributed by atoms with E-state index in [2.05, 4.69) is 78.0 Å². The molecule has 0 bridgehead atoms. The Morgan fingerprint density at radius 3 is 2.39 bits per heavy atom. The molecule has 0 N–H and O–H groups in total. The molecule has 0 aliphatic heterocycles. The van der Waals surface area contributed by atoms with E-state index in [1.165, 1.54) is 45.9 Å². The molecule has 0 fully saturated rings. The van der Waals surface area contributed by atoms with Gasteiger partial charge in [-0.05, 0) is 58.2 Å². The molecule has 2 rings (SSSR count). The van der Waals surface area contributed by atoms with Crippen molar-refractivity contribution < 1.29 is 0 Å². The van der Waals surface area contributed by atoms with Gasteiger partial charge in [-0.25, -0.2) is 0 Å². The second-order valence-electron chi connectivity index (χ2n) is 4.64. The van der Waals surface area contributed by atoms with Crippen LogP contribution in [0.25, 0.3) is 11.1 Å². The van der Waals surface area contributed by atoms with Crippen molar-refractivity contribution in [3.63, 3.8) is 0 Å². The third-order valence-electron chi connectivity index (χ3n) is 3.19. The summed E-state index contributed by atoms with van der Waals surface area (Å²) >= 11 is 2.45. The van der Waals surface area contributed by atoms with E-state index in [0.29, 0.717) is 0 Å². The van der Waals surface area contributed by atoms with Gasteiger partial charge in [-0.2, -0.15) is 0 Å². The minimum atomic E-state index is 1.21. The Bertz CT molecular complexity index is 488. The second kappa shape index (κ2) is 6.93. The normalized spacial score (nSPS) is 10.6. The van der Waals surface area contributed by atoms with Crippen molar-refractivity contribution in [2.75, 3.05) is 0 Å². The maximum atomic E-state index is 2.45. The standard InChI is InChI=1S/C17H19I/c1-2-3-5-8-14-11-12-16(17(18)13-14)15-9-6-4-7-10-15/h4,6-7,9-13H,2-3,5,8H2,1H3. The fourth-order valence-electron chi connectivity index (χ4n) is 2.15. The number of hydrogen-bond donors (Lipinski definition) is 0. The molecule has 2 aromatic carbocycles. The monoisotopic (exact) mass is 350 g/mol. The van der Waals surface area contributed by atoms with Gasteiger partial charge in [-0.3, -0.25) is 0 Å². The number of benzene rings is 2. The molecule has 1 heteroatoms. The first-order valence-corrected chi connectivity index (χ1v) is 7.73. The Hall–Kier alpha value is -0.830. The van der Waals surface area contributed by atoms with Crippen LogP contribution in [-0.4, -0.2) is 0 Å². The van der Waals surface area contributed by atoms with E-state index in [-0.39, 0.29) is 0 Å². The lowest BCUT2D eigenvalue weighted by Crippen LogP contribution is -1.89. The van der Waals surface area contributed by atoms with Gasteiger partial charge < -0.3 is 0 Å². The van der Waals surface area contributed by atoms with Crippen LogP contribution in [-0.2, 0) is 6.42 Å². The zero-order valence-electron chi connectivity index (χ0n) is 10.8. The van der Waals surface area contributed by atoms with Gasteiger partial charge in [0.25, 0.3) is 0 Å². The average Bonchev–Trinajstić information content (AvgIpc) is 2.40. The molecule has 0 aromatic heterocycles. The van der Waals surface area contributed by atoms with Crippen molar-refractivity contribution in [3.8, 4) is 11.1 Å². The summed E-state index contributed by atoms with van der Waals surface area (Å²) in [6.45, 7) is 2.25. The molecule has 0 atom stereocenters. The van der Waals surface area contributed by atoms with Crippen molar-refractivity contribution in [2.24, 2.45) is 0 Å². The summed E-state index contributed by atoms with van der Waals surface area (Å²) < 4.78 is 1.35. The zero-order chi connectivity index (χ0) is 12.8. The van der Waals surface area contributed by atoms with Crippen LogP contribution in [0.1, 0.15) is 31.7 Å². The van der Waals surface area contributed by atoms with Crippen LogP contribution in [0.4, 0.5) is 0 Å². The Morgan fingerprint density at radius 2 is 1.72 bits per heavy atom. The molecule has 0 aliphatic rings. The van der Waals surface area contributed by atoms with Gasteiger partial charge in [-0.15, -0.1) is 0 Å². The summed E-state index contributed by atoms with van der Waals surface area (Å²) in [5.41, 5.74) is 4.12. The Labute approximate surface area is 124 Å². The highest BCUT2D eigenvalue weighted by Gasteiger charge is 2.03. The molecule has 0 nitrogen and oxygen atoms in total. The van der Waals surface area contributed by atoms with E-state index in [9.17, 15) is 0 Å². The lowest BCUT2D eigenvalue weighted by Gasteiger charge is -2.07. The summed E-state index contributed by atoms with van der Waals surface area (Å²) in [5.74, 6) is 0. The number of unbranched alkanes of at least 4 members (excludes halogenated alkanes) is 2. The summed E-state index contributed by atoms with van der Waals surface area (Å²) in [7, 11) is 0. The van der Waals surface area contributed by atoms with Gasteiger partial charge in [0.05, 0.1) is 0 Å². The fraction of sp³-hybridized carbons (Fsp3) is 0.294. The lowest BCUT2D eigenvalue weighted by atomic mass is 10.0. The molecule has 0 heterocycles. The third-order valence-corrected chi connectivity index (χ3v) is 4.08. The largest absolute Gasteiger partial charge is 0.0654 e. The highest BCUT2D eigenvalue weighted by atomic mass is 127. The van der Waals surface area contributed by atoms with E-state index in [4.69, 9.17) is 0 Å². The number of halogens is 1. The van der Waals surface area contributed by atoms with Gasteiger partial charge in [0.15, 0.2) is 0 Å². The number of rotatable bonds is 5. The molecule has 18 heavy (non-hydrogen) atoms. The van der Waals surface area contributed by atoms with Crippen molar-refractivity contribution in [1.82, 2.24) is 0 Å². The summed E-state index contributed by atoms with van der Waals surface area (Å²) in [6.07, 6.45) is 5.13. The highest BCUT2D eigenvalue weighted by molar-refractivity contribution is 14.1. The van der Waals surface area contributed by atoms with Crippen molar-refractivity contribution in [1.29, 1.82) is 0 Å². The first-order chi connectivity index (χ1) is 8.81. The van der Waals surface area contributed by atoms with Crippen LogP contribution in [0, 0.1) is 3.57 Å². The smallest absolute Gasteiger partial charge is 0.0211 e. The molecule has 0 spiro atoms. The Balaban J connectivity index is 2.15. The molecule has 2 aromatic rings. The van der Waals surface area contributed by atoms with E-state index in [1.807, 2.05) is 0 Å². The molecule has 0 amide bonds. The molecule has 0 saturated carbocycles. The van der Waals surface area contributed by atoms with Crippen LogP contribution in [0.5, 0.6) is 0 Å². The zero-order valence-corrected chi connectivity index (χ0v) is 13.0. The molecular formula is C17H19I. The molecule has 0 radical (unpaired) electrons. The molecule has 0 unspecified atom stereocenters. The van der Waals surface area contributed by atoms with E-state index in [0.717, 1.165) is 0 Å². The Kier molecular flexibility index (Phi) is 5.24. The quantitative estimate of drug-likeness (QED) is 0.480. The topological polar surface area (TPSA) is 0 Å². The minimum Gasteiger partial charge on any atom is -0.0654 e. The van der Waals surface area contributed by atoms with E-state index < -0.39 is 0 Å². The van der Waals surface area contributed by atoms with Gasteiger partial charge in [0.2, 0.25) is 0 Å². The van der Waals surface area contributed by atoms with Crippen LogP contribution >= 0.6 is 22.6 Å².